The molecule has 6 nitrogen and oxygen atoms in total. The van der Waals surface area contributed by atoms with E-state index in [4.69, 9.17) is 4.74 Å². The van der Waals surface area contributed by atoms with Gasteiger partial charge in [0.25, 0.3) is 0 Å². The Kier molecular flexibility index (Phi) is 6.06. The average Bonchev–Trinajstić information content (AvgIpc) is 2.89. The Morgan fingerprint density at radius 2 is 2.00 bits per heavy atom. The van der Waals surface area contributed by atoms with Crippen molar-refractivity contribution in [2.45, 2.75) is 19.4 Å². The molecule has 1 amide bonds. The van der Waals surface area contributed by atoms with Crippen LogP contribution in [-0.2, 0) is 18.4 Å². The highest BCUT2D eigenvalue weighted by molar-refractivity contribution is 5.76. The topological polar surface area (TPSA) is 50.6 Å². The van der Waals surface area contributed by atoms with E-state index in [1.54, 1.807) is 0 Å². The molecule has 0 unspecified atom stereocenters. The van der Waals surface area contributed by atoms with Gasteiger partial charge in [0.2, 0.25) is 5.91 Å². The van der Waals surface area contributed by atoms with Gasteiger partial charge < -0.3 is 14.2 Å². The molecule has 25 heavy (non-hydrogen) atoms. The van der Waals surface area contributed by atoms with Crippen LogP contribution >= 0.6 is 0 Å². The maximum absolute atomic E-state index is 12.4. The average molecular weight is 342 g/mol. The highest BCUT2D eigenvalue weighted by Crippen LogP contribution is 2.11. The van der Waals surface area contributed by atoms with Crippen molar-refractivity contribution >= 4 is 5.91 Å². The molecule has 0 saturated carbocycles. The molecule has 0 N–H and O–H groups in total. The molecular weight excluding hydrogens is 316 g/mol. The Morgan fingerprint density at radius 3 is 2.76 bits per heavy atom. The van der Waals surface area contributed by atoms with Crippen molar-refractivity contribution in [3.63, 3.8) is 0 Å². The minimum atomic E-state index is 0.176. The van der Waals surface area contributed by atoms with Gasteiger partial charge in [-0.15, -0.1) is 0 Å². The maximum atomic E-state index is 12.4. The molecule has 1 aromatic heterocycles. The molecule has 0 spiro atoms. The first-order valence-corrected chi connectivity index (χ1v) is 8.86. The van der Waals surface area contributed by atoms with Crippen LogP contribution in [0, 0.1) is 0 Å². The largest absolute Gasteiger partial charge is 0.493 e. The molecular formula is C19H26N4O2. The Labute approximate surface area is 149 Å². The third-order valence-electron chi connectivity index (χ3n) is 4.56. The van der Waals surface area contributed by atoms with E-state index >= 15 is 0 Å². The molecule has 0 radical (unpaired) electrons. The third kappa shape index (κ3) is 5.06. The molecule has 3 rings (SSSR count). The number of hydrogen-bond donors (Lipinski definition) is 0. The van der Waals surface area contributed by atoms with Crippen LogP contribution in [0.5, 0.6) is 5.75 Å². The van der Waals surface area contributed by atoms with Crippen molar-refractivity contribution in [3.05, 3.63) is 48.5 Å². The van der Waals surface area contributed by atoms with Crippen LogP contribution < -0.4 is 4.74 Å². The van der Waals surface area contributed by atoms with Crippen LogP contribution in [0.25, 0.3) is 0 Å². The molecule has 134 valence electrons. The number of aryl methyl sites for hydroxylation is 1. The second kappa shape index (κ2) is 8.67. The van der Waals surface area contributed by atoms with E-state index in [1.165, 1.54) is 0 Å². The van der Waals surface area contributed by atoms with Crippen molar-refractivity contribution in [1.29, 1.82) is 0 Å². The van der Waals surface area contributed by atoms with E-state index in [0.717, 1.165) is 50.7 Å². The Bertz CT molecular complexity index is 671. The van der Waals surface area contributed by atoms with Gasteiger partial charge >= 0.3 is 0 Å². The lowest BCUT2D eigenvalue weighted by atomic mass is 10.3. The molecule has 6 heteroatoms. The highest BCUT2D eigenvalue weighted by atomic mass is 16.5. The quantitative estimate of drug-likeness (QED) is 0.805. The molecule has 1 fully saturated rings. The van der Waals surface area contributed by atoms with Crippen LogP contribution in [0.4, 0.5) is 0 Å². The number of rotatable bonds is 6. The van der Waals surface area contributed by atoms with Gasteiger partial charge in [0, 0.05) is 45.6 Å². The number of carbonyl (C=O) groups excluding carboxylic acids is 1. The van der Waals surface area contributed by atoms with Crippen molar-refractivity contribution in [3.8, 4) is 5.75 Å². The molecule has 1 aromatic carbocycles. The molecule has 1 aliphatic rings. The van der Waals surface area contributed by atoms with E-state index in [0.29, 0.717) is 13.0 Å². The molecule has 0 atom stereocenters. The fourth-order valence-electron chi connectivity index (χ4n) is 3.06. The second-order valence-corrected chi connectivity index (χ2v) is 6.38. The number of aromatic nitrogens is 2. The highest BCUT2D eigenvalue weighted by Gasteiger charge is 2.19. The summed E-state index contributed by atoms with van der Waals surface area (Å²) in [7, 11) is 2.02. The zero-order valence-corrected chi connectivity index (χ0v) is 14.8. The van der Waals surface area contributed by atoms with Crippen LogP contribution in [0.1, 0.15) is 18.7 Å². The molecule has 0 bridgehead atoms. The normalized spacial score (nSPS) is 15.8. The Balaban J connectivity index is 1.42. The predicted molar refractivity (Wildman–Crippen MR) is 96.2 cm³/mol. The molecule has 2 heterocycles. The number of ether oxygens (including phenoxy) is 1. The predicted octanol–water partition coefficient (Wildman–Crippen LogP) is 1.92. The molecule has 0 aliphatic carbocycles. The van der Waals surface area contributed by atoms with Gasteiger partial charge in [-0.25, -0.2) is 4.98 Å². The summed E-state index contributed by atoms with van der Waals surface area (Å²) in [5.41, 5.74) is 0. The first-order chi connectivity index (χ1) is 12.2. The van der Waals surface area contributed by atoms with E-state index in [9.17, 15) is 4.79 Å². The van der Waals surface area contributed by atoms with Crippen molar-refractivity contribution in [1.82, 2.24) is 19.4 Å². The summed E-state index contributed by atoms with van der Waals surface area (Å²) in [5.74, 6) is 2.05. The number of amides is 1. The minimum absolute atomic E-state index is 0.176. The number of imidazole rings is 1. The molecule has 1 aliphatic heterocycles. The summed E-state index contributed by atoms with van der Waals surface area (Å²) in [6.45, 7) is 4.74. The minimum Gasteiger partial charge on any atom is -0.493 e. The SMILES string of the molecule is Cn1ccnc1CN1CCCN(C(=O)CCOc2ccccc2)CC1. The first-order valence-electron chi connectivity index (χ1n) is 8.86. The lowest BCUT2D eigenvalue weighted by molar-refractivity contribution is -0.131. The first kappa shape index (κ1) is 17.5. The van der Waals surface area contributed by atoms with Crippen LogP contribution in [0.3, 0.4) is 0 Å². The van der Waals surface area contributed by atoms with Gasteiger partial charge in [-0.2, -0.15) is 0 Å². The van der Waals surface area contributed by atoms with E-state index in [2.05, 4.69) is 14.5 Å². The zero-order chi connectivity index (χ0) is 17.5. The maximum Gasteiger partial charge on any atom is 0.226 e. The van der Waals surface area contributed by atoms with Crippen molar-refractivity contribution in [2.24, 2.45) is 7.05 Å². The number of carbonyl (C=O) groups is 1. The van der Waals surface area contributed by atoms with Crippen LogP contribution in [-0.4, -0.2) is 58.0 Å². The van der Waals surface area contributed by atoms with Gasteiger partial charge in [-0.1, -0.05) is 18.2 Å². The standard InChI is InChI=1S/C19H26N4O2/c1-21-12-9-20-18(21)16-22-10-5-11-23(14-13-22)19(24)8-15-25-17-6-3-2-4-7-17/h2-4,6-7,9,12H,5,8,10-11,13-16H2,1H3. The fourth-order valence-corrected chi connectivity index (χ4v) is 3.06. The van der Waals surface area contributed by atoms with Gasteiger partial charge in [0.15, 0.2) is 0 Å². The monoisotopic (exact) mass is 342 g/mol. The molecule has 1 saturated heterocycles. The number of hydrogen-bond acceptors (Lipinski definition) is 4. The third-order valence-corrected chi connectivity index (χ3v) is 4.56. The van der Waals surface area contributed by atoms with E-state index < -0.39 is 0 Å². The second-order valence-electron chi connectivity index (χ2n) is 6.38. The molecule has 2 aromatic rings. The van der Waals surface area contributed by atoms with Gasteiger partial charge in [-0.05, 0) is 18.6 Å². The fraction of sp³-hybridized carbons (Fsp3) is 0.474. The smallest absolute Gasteiger partial charge is 0.226 e. The lowest BCUT2D eigenvalue weighted by Crippen LogP contribution is -2.35. The Hall–Kier alpha value is -2.34. The summed E-state index contributed by atoms with van der Waals surface area (Å²) < 4.78 is 7.68. The zero-order valence-electron chi connectivity index (χ0n) is 14.8. The number of nitrogens with zero attached hydrogens (tertiary/aromatic N) is 4. The van der Waals surface area contributed by atoms with Crippen molar-refractivity contribution in [2.75, 3.05) is 32.8 Å². The van der Waals surface area contributed by atoms with E-state index in [-0.39, 0.29) is 5.91 Å². The summed E-state index contributed by atoms with van der Waals surface area (Å²) >= 11 is 0. The summed E-state index contributed by atoms with van der Waals surface area (Å²) in [6.07, 6.45) is 5.22. The van der Waals surface area contributed by atoms with Gasteiger partial charge in [0.05, 0.1) is 19.6 Å². The lowest BCUT2D eigenvalue weighted by Gasteiger charge is -2.22. The number of benzene rings is 1. The van der Waals surface area contributed by atoms with E-state index in [1.807, 2.05) is 54.7 Å². The number of para-hydroxylation sites is 1. The van der Waals surface area contributed by atoms with Gasteiger partial charge in [-0.3, -0.25) is 9.69 Å². The van der Waals surface area contributed by atoms with Crippen molar-refractivity contribution < 1.29 is 9.53 Å². The summed E-state index contributed by atoms with van der Waals surface area (Å²) in [5, 5.41) is 0. The van der Waals surface area contributed by atoms with Gasteiger partial charge in [0.1, 0.15) is 11.6 Å². The Morgan fingerprint density at radius 1 is 1.16 bits per heavy atom. The summed E-state index contributed by atoms with van der Waals surface area (Å²) in [6, 6.07) is 9.63. The van der Waals surface area contributed by atoms with Crippen LogP contribution in [0.15, 0.2) is 42.7 Å². The van der Waals surface area contributed by atoms with Crippen LogP contribution in [0.2, 0.25) is 0 Å². The summed E-state index contributed by atoms with van der Waals surface area (Å²) in [4.78, 5) is 21.2.